The molecule has 0 aliphatic carbocycles. The van der Waals surface area contributed by atoms with Crippen molar-refractivity contribution in [3.05, 3.63) is 40.4 Å². The van der Waals surface area contributed by atoms with Gasteiger partial charge in [-0.3, -0.25) is 4.79 Å². The van der Waals surface area contributed by atoms with Crippen molar-refractivity contribution >= 4 is 27.9 Å². The number of rotatable bonds is 6. The number of methoxy groups -OCH3 is 1. The fraction of sp³-hybridized carbons (Fsp3) is 0.357. The summed E-state index contributed by atoms with van der Waals surface area (Å²) in [6.07, 6.45) is 2.57. The van der Waals surface area contributed by atoms with Crippen LogP contribution in [0.5, 0.6) is 0 Å². The zero-order valence-corrected chi connectivity index (χ0v) is 12.6. The smallest absolute Gasteiger partial charge is 0.246 e. The highest BCUT2D eigenvalue weighted by atomic mass is 79.9. The van der Waals surface area contributed by atoms with E-state index in [0.717, 1.165) is 10.0 Å². The fourth-order valence-corrected chi connectivity index (χ4v) is 1.78. The number of nitrogens with zero attached hydrogens (tertiary/aromatic N) is 1. The van der Waals surface area contributed by atoms with Crippen LogP contribution in [0.2, 0.25) is 0 Å². The van der Waals surface area contributed by atoms with E-state index in [1.54, 1.807) is 13.1 Å². The molecule has 4 nitrogen and oxygen atoms in total. The molecule has 1 unspecified atom stereocenters. The van der Waals surface area contributed by atoms with Crippen molar-refractivity contribution < 1.29 is 14.6 Å². The Balaban J connectivity index is 2.51. The van der Waals surface area contributed by atoms with Crippen molar-refractivity contribution in [2.45, 2.75) is 6.10 Å². The lowest BCUT2D eigenvalue weighted by molar-refractivity contribution is -0.126. The predicted octanol–water partition coefficient (Wildman–Crippen LogP) is 1.93. The van der Waals surface area contributed by atoms with Crippen LogP contribution in [0.1, 0.15) is 5.56 Å². The average Bonchev–Trinajstić information content (AvgIpc) is 2.37. The van der Waals surface area contributed by atoms with Crippen molar-refractivity contribution in [1.82, 2.24) is 4.90 Å². The van der Waals surface area contributed by atoms with E-state index in [9.17, 15) is 9.90 Å². The van der Waals surface area contributed by atoms with Gasteiger partial charge in [-0.05, 0) is 23.8 Å². The minimum Gasteiger partial charge on any atom is -0.389 e. The van der Waals surface area contributed by atoms with E-state index in [0.29, 0.717) is 0 Å². The van der Waals surface area contributed by atoms with Crippen LogP contribution in [0.25, 0.3) is 6.08 Å². The first kappa shape index (κ1) is 15.9. The molecule has 0 fully saturated rings. The summed E-state index contributed by atoms with van der Waals surface area (Å²) in [4.78, 5) is 13.3. The molecule has 5 heteroatoms. The molecule has 1 aromatic rings. The molecule has 19 heavy (non-hydrogen) atoms. The minimum absolute atomic E-state index is 0.155. The zero-order chi connectivity index (χ0) is 14.3. The number of hydrogen-bond donors (Lipinski definition) is 1. The van der Waals surface area contributed by atoms with Gasteiger partial charge in [-0.25, -0.2) is 0 Å². The lowest BCUT2D eigenvalue weighted by atomic mass is 10.2. The first-order chi connectivity index (χ1) is 9.02. The van der Waals surface area contributed by atoms with Gasteiger partial charge in [0.25, 0.3) is 0 Å². The monoisotopic (exact) mass is 327 g/mol. The van der Waals surface area contributed by atoms with E-state index in [2.05, 4.69) is 15.9 Å². The van der Waals surface area contributed by atoms with Gasteiger partial charge < -0.3 is 14.7 Å². The maximum atomic E-state index is 11.8. The van der Waals surface area contributed by atoms with Crippen molar-refractivity contribution in [3.63, 3.8) is 0 Å². The number of benzene rings is 1. The second-order valence-corrected chi connectivity index (χ2v) is 5.13. The van der Waals surface area contributed by atoms with Gasteiger partial charge >= 0.3 is 0 Å². The van der Waals surface area contributed by atoms with Crippen molar-refractivity contribution in [1.29, 1.82) is 0 Å². The Hall–Kier alpha value is -1.17. The summed E-state index contributed by atoms with van der Waals surface area (Å²) in [5.41, 5.74) is 0.947. The highest BCUT2D eigenvalue weighted by Crippen LogP contribution is 2.11. The fourth-order valence-electron chi connectivity index (χ4n) is 1.52. The molecule has 0 aliphatic heterocycles. The van der Waals surface area contributed by atoms with Crippen molar-refractivity contribution in [2.75, 3.05) is 27.3 Å². The molecule has 0 spiro atoms. The van der Waals surface area contributed by atoms with Crippen LogP contribution in [0.4, 0.5) is 0 Å². The summed E-state index contributed by atoms with van der Waals surface area (Å²) < 4.78 is 5.81. The number of halogens is 1. The molecule has 1 aromatic carbocycles. The largest absolute Gasteiger partial charge is 0.389 e. The summed E-state index contributed by atoms with van der Waals surface area (Å²) in [7, 11) is 3.16. The summed E-state index contributed by atoms with van der Waals surface area (Å²) in [5, 5.41) is 9.54. The summed E-state index contributed by atoms with van der Waals surface area (Å²) in [6, 6.07) is 7.65. The Bertz CT molecular complexity index is 431. The first-order valence-electron chi connectivity index (χ1n) is 5.88. The van der Waals surface area contributed by atoms with Gasteiger partial charge in [0.15, 0.2) is 0 Å². The Morgan fingerprint density at radius 1 is 1.47 bits per heavy atom. The molecule has 1 N–H and O–H groups in total. The average molecular weight is 328 g/mol. The number of carbonyl (C=O) groups excluding carboxylic acids is 1. The molecule has 0 aromatic heterocycles. The maximum Gasteiger partial charge on any atom is 0.246 e. The quantitative estimate of drug-likeness (QED) is 0.812. The van der Waals surface area contributed by atoms with Crippen molar-refractivity contribution in [3.8, 4) is 0 Å². The molecule has 0 bridgehead atoms. The van der Waals surface area contributed by atoms with Gasteiger partial charge in [-0.2, -0.15) is 0 Å². The molecule has 1 rings (SSSR count). The Labute approximate surface area is 121 Å². The molecular formula is C14H18BrNO3. The highest BCUT2D eigenvalue weighted by Gasteiger charge is 2.10. The van der Waals surface area contributed by atoms with Crippen LogP contribution in [-0.2, 0) is 9.53 Å². The van der Waals surface area contributed by atoms with Gasteiger partial charge in [0.05, 0.1) is 12.7 Å². The second kappa shape index (κ2) is 8.09. The molecular weight excluding hydrogens is 310 g/mol. The van der Waals surface area contributed by atoms with E-state index in [1.807, 2.05) is 24.3 Å². The molecule has 0 saturated carbocycles. The van der Waals surface area contributed by atoms with Gasteiger partial charge in [0, 0.05) is 31.3 Å². The third-order valence-corrected chi connectivity index (χ3v) is 3.04. The molecule has 0 saturated heterocycles. The number of aliphatic hydroxyl groups excluding tert-OH is 1. The van der Waals surface area contributed by atoms with E-state index in [4.69, 9.17) is 4.74 Å². The molecule has 0 aliphatic rings. The number of aliphatic hydroxyl groups is 1. The molecule has 0 heterocycles. The second-order valence-electron chi connectivity index (χ2n) is 4.21. The topological polar surface area (TPSA) is 49.8 Å². The molecule has 0 radical (unpaired) electrons. The van der Waals surface area contributed by atoms with Gasteiger partial charge in [0.2, 0.25) is 5.91 Å². The van der Waals surface area contributed by atoms with E-state index in [-0.39, 0.29) is 19.1 Å². The Kier molecular flexibility index (Phi) is 6.77. The Morgan fingerprint density at radius 2 is 2.11 bits per heavy atom. The normalized spacial score (nSPS) is 12.6. The summed E-state index contributed by atoms with van der Waals surface area (Å²) in [5.74, 6) is -0.155. The number of likely N-dealkylation sites (N-methyl/N-ethyl adjacent to an activating group) is 1. The van der Waals surface area contributed by atoms with E-state index >= 15 is 0 Å². The van der Waals surface area contributed by atoms with Gasteiger partial charge in [0.1, 0.15) is 0 Å². The number of carbonyl (C=O) groups is 1. The number of ether oxygens (including phenoxy) is 1. The first-order valence-corrected chi connectivity index (χ1v) is 6.68. The minimum atomic E-state index is -0.667. The van der Waals surface area contributed by atoms with Gasteiger partial charge in [-0.1, -0.05) is 28.1 Å². The van der Waals surface area contributed by atoms with Crippen LogP contribution in [0.15, 0.2) is 34.8 Å². The van der Waals surface area contributed by atoms with Crippen molar-refractivity contribution in [2.24, 2.45) is 0 Å². The third-order valence-electron chi connectivity index (χ3n) is 2.51. The Morgan fingerprint density at radius 3 is 2.68 bits per heavy atom. The third kappa shape index (κ3) is 6.00. The van der Waals surface area contributed by atoms with E-state index in [1.165, 1.54) is 18.1 Å². The lowest BCUT2D eigenvalue weighted by Gasteiger charge is -2.18. The molecule has 1 amide bonds. The SMILES string of the molecule is COCC(O)CN(C)C(=O)C=Cc1ccc(Br)cc1. The maximum absolute atomic E-state index is 11.8. The van der Waals surface area contributed by atoms with Gasteiger partial charge in [-0.15, -0.1) is 0 Å². The van der Waals surface area contributed by atoms with Crippen LogP contribution in [0, 0.1) is 0 Å². The summed E-state index contributed by atoms with van der Waals surface area (Å²) in [6.45, 7) is 0.464. The highest BCUT2D eigenvalue weighted by molar-refractivity contribution is 9.10. The summed E-state index contributed by atoms with van der Waals surface area (Å²) >= 11 is 3.35. The zero-order valence-electron chi connectivity index (χ0n) is 11.0. The number of hydrogen-bond acceptors (Lipinski definition) is 3. The molecule has 104 valence electrons. The van der Waals surface area contributed by atoms with E-state index < -0.39 is 6.10 Å². The van der Waals surface area contributed by atoms with Crippen LogP contribution in [0.3, 0.4) is 0 Å². The number of amides is 1. The standard InChI is InChI=1S/C14H18BrNO3/c1-16(9-13(17)10-19-2)14(18)8-5-11-3-6-12(15)7-4-11/h3-8,13,17H,9-10H2,1-2H3. The van der Waals surface area contributed by atoms with Crippen LogP contribution >= 0.6 is 15.9 Å². The lowest BCUT2D eigenvalue weighted by Crippen LogP contribution is -2.35. The van der Waals surface area contributed by atoms with Crippen LogP contribution < -0.4 is 0 Å². The molecule has 1 atom stereocenters. The van der Waals surface area contributed by atoms with Crippen LogP contribution in [-0.4, -0.2) is 49.3 Å². The predicted molar refractivity (Wildman–Crippen MR) is 78.7 cm³/mol.